The van der Waals surface area contributed by atoms with Crippen LogP contribution < -0.4 is 11.5 Å². The van der Waals surface area contributed by atoms with Crippen molar-refractivity contribution in [2.45, 2.75) is 6.54 Å². The fraction of sp³-hybridized carbons (Fsp3) is 0.167. The zero-order valence-corrected chi connectivity index (χ0v) is 6.60. The fourth-order valence-electron chi connectivity index (χ4n) is 0.846. The Morgan fingerprint density at radius 3 is 2.62 bits per heavy atom. The van der Waals surface area contributed by atoms with Crippen LogP contribution in [0.4, 0.5) is 5.82 Å². The van der Waals surface area contributed by atoms with E-state index in [9.17, 15) is 9.59 Å². The monoisotopic (exact) mass is 184 g/mol. The summed E-state index contributed by atoms with van der Waals surface area (Å²) in [7, 11) is 0. The van der Waals surface area contributed by atoms with E-state index in [1.807, 2.05) is 0 Å². The summed E-state index contributed by atoms with van der Waals surface area (Å²) in [5, 5.41) is 12.0. The molecule has 5 N–H and O–H groups in total. The van der Waals surface area contributed by atoms with E-state index in [1.165, 1.54) is 6.20 Å². The van der Waals surface area contributed by atoms with Crippen LogP contribution in [-0.2, 0) is 11.3 Å². The lowest BCUT2D eigenvalue weighted by atomic mass is 10.3. The summed E-state index contributed by atoms with van der Waals surface area (Å²) >= 11 is 0. The lowest BCUT2D eigenvalue weighted by molar-refractivity contribution is -0.137. The van der Waals surface area contributed by atoms with E-state index in [4.69, 9.17) is 16.6 Å². The number of nitrogen functional groups attached to an aromatic ring is 1. The number of primary amides is 1. The third kappa shape index (κ3) is 1.95. The number of carbonyl (C=O) groups is 2. The zero-order chi connectivity index (χ0) is 10.0. The van der Waals surface area contributed by atoms with Gasteiger partial charge >= 0.3 is 5.97 Å². The summed E-state index contributed by atoms with van der Waals surface area (Å²) in [6.45, 7) is -0.350. The lowest BCUT2D eigenvalue weighted by Gasteiger charge is -1.92. The molecule has 0 radical (unpaired) electrons. The molecule has 1 aromatic rings. The number of rotatable bonds is 3. The minimum Gasteiger partial charge on any atom is -0.480 e. The predicted molar refractivity (Wildman–Crippen MR) is 42.8 cm³/mol. The SMILES string of the molecule is NC(=O)c1cn(CC(=O)O)nc1N. The lowest BCUT2D eigenvalue weighted by Crippen LogP contribution is -2.12. The van der Waals surface area contributed by atoms with Gasteiger partial charge in [-0.15, -0.1) is 0 Å². The Bertz CT molecular complexity index is 357. The van der Waals surface area contributed by atoms with Gasteiger partial charge in [0.1, 0.15) is 12.1 Å². The highest BCUT2D eigenvalue weighted by Crippen LogP contribution is 2.06. The molecular weight excluding hydrogens is 176 g/mol. The Hall–Kier alpha value is -2.05. The number of hydrogen-bond acceptors (Lipinski definition) is 4. The fourth-order valence-corrected chi connectivity index (χ4v) is 0.846. The van der Waals surface area contributed by atoms with Gasteiger partial charge < -0.3 is 16.6 Å². The second-order valence-electron chi connectivity index (χ2n) is 2.38. The first-order valence-electron chi connectivity index (χ1n) is 3.35. The normalized spacial score (nSPS) is 9.85. The third-order valence-electron chi connectivity index (χ3n) is 1.35. The number of aromatic nitrogens is 2. The van der Waals surface area contributed by atoms with E-state index in [1.54, 1.807) is 0 Å². The Kier molecular flexibility index (Phi) is 2.18. The highest BCUT2D eigenvalue weighted by Gasteiger charge is 2.11. The molecular formula is C6H8N4O3. The van der Waals surface area contributed by atoms with E-state index in [2.05, 4.69) is 5.10 Å². The molecule has 0 bridgehead atoms. The number of anilines is 1. The van der Waals surface area contributed by atoms with Gasteiger partial charge in [0.05, 0.1) is 0 Å². The Morgan fingerprint density at radius 1 is 1.62 bits per heavy atom. The van der Waals surface area contributed by atoms with Crippen LogP contribution in [0.25, 0.3) is 0 Å². The van der Waals surface area contributed by atoms with Gasteiger partial charge in [-0.2, -0.15) is 5.10 Å². The largest absolute Gasteiger partial charge is 0.480 e. The van der Waals surface area contributed by atoms with Crippen LogP contribution in [-0.4, -0.2) is 26.8 Å². The van der Waals surface area contributed by atoms with E-state index >= 15 is 0 Å². The van der Waals surface area contributed by atoms with Crippen molar-refractivity contribution in [1.82, 2.24) is 9.78 Å². The van der Waals surface area contributed by atoms with Crippen LogP contribution in [0.3, 0.4) is 0 Å². The molecule has 0 aromatic carbocycles. The second kappa shape index (κ2) is 3.13. The number of carboxylic acid groups (broad SMARTS) is 1. The van der Waals surface area contributed by atoms with Crippen LogP contribution in [0.15, 0.2) is 6.20 Å². The molecule has 1 aromatic heterocycles. The predicted octanol–water partition coefficient (Wildman–Crippen LogP) is -1.35. The third-order valence-corrected chi connectivity index (χ3v) is 1.35. The number of carboxylic acids is 1. The van der Waals surface area contributed by atoms with E-state index in [0.717, 1.165) is 4.68 Å². The van der Waals surface area contributed by atoms with E-state index in [0.29, 0.717) is 0 Å². The first-order valence-corrected chi connectivity index (χ1v) is 3.35. The molecule has 7 nitrogen and oxygen atoms in total. The zero-order valence-electron chi connectivity index (χ0n) is 6.60. The summed E-state index contributed by atoms with van der Waals surface area (Å²) in [5.74, 6) is -1.86. The Balaban J connectivity index is 2.95. The minimum atomic E-state index is -1.07. The first-order chi connectivity index (χ1) is 6.00. The van der Waals surface area contributed by atoms with Gasteiger partial charge in [0, 0.05) is 6.20 Å². The van der Waals surface area contributed by atoms with E-state index < -0.39 is 11.9 Å². The molecule has 0 saturated heterocycles. The molecule has 7 heteroatoms. The molecule has 1 rings (SSSR count). The highest BCUT2D eigenvalue weighted by atomic mass is 16.4. The summed E-state index contributed by atoms with van der Waals surface area (Å²) in [6, 6.07) is 0. The van der Waals surface area contributed by atoms with Crippen LogP contribution in [0, 0.1) is 0 Å². The van der Waals surface area contributed by atoms with Gasteiger partial charge in [0.2, 0.25) is 0 Å². The first kappa shape index (κ1) is 9.04. The number of aliphatic carboxylic acids is 1. The maximum absolute atomic E-state index is 10.7. The average molecular weight is 184 g/mol. The molecule has 0 saturated carbocycles. The molecule has 70 valence electrons. The number of amides is 1. The maximum Gasteiger partial charge on any atom is 0.325 e. The second-order valence-corrected chi connectivity index (χ2v) is 2.38. The Morgan fingerprint density at radius 2 is 2.23 bits per heavy atom. The standard InChI is InChI=1S/C6H8N4O3/c7-5-3(6(8)13)1-10(9-5)2-4(11)12/h1H,2H2,(H2,7,9)(H2,8,13)(H,11,12). The topological polar surface area (TPSA) is 124 Å². The van der Waals surface area contributed by atoms with Crippen LogP contribution in [0.2, 0.25) is 0 Å². The summed E-state index contributed by atoms with van der Waals surface area (Å²) in [6.07, 6.45) is 1.20. The van der Waals surface area contributed by atoms with Crippen LogP contribution in [0.1, 0.15) is 10.4 Å². The Labute approximate surface area is 72.9 Å². The van der Waals surface area contributed by atoms with Crippen molar-refractivity contribution in [2.24, 2.45) is 5.73 Å². The molecule has 1 heterocycles. The number of nitrogens with zero attached hydrogens (tertiary/aromatic N) is 2. The molecule has 0 unspecified atom stereocenters. The van der Waals surface area contributed by atoms with Crippen molar-refractivity contribution in [2.75, 3.05) is 5.73 Å². The molecule has 13 heavy (non-hydrogen) atoms. The van der Waals surface area contributed by atoms with Crippen molar-refractivity contribution in [3.05, 3.63) is 11.8 Å². The molecule has 0 fully saturated rings. The number of hydrogen-bond donors (Lipinski definition) is 3. The smallest absolute Gasteiger partial charge is 0.325 e. The summed E-state index contributed by atoms with van der Waals surface area (Å²) in [4.78, 5) is 20.9. The van der Waals surface area contributed by atoms with Gasteiger partial charge in [0.25, 0.3) is 5.91 Å². The van der Waals surface area contributed by atoms with Crippen molar-refractivity contribution >= 4 is 17.7 Å². The molecule has 1 amide bonds. The summed E-state index contributed by atoms with van der Waals surface area (Å²) < 4.78 is 1.04. The van der Waals surface area contributed by atoms with E-state index in [-0.39, 0.29) is 17.9 Å². The summed E-state index contributed by atoms with van der Waals surface area (Å²) in [5.41, 5.74) is 10.3. The van der Waals surface area contributed by atoms with Crippen molar-refractivity contribution in [3.8, 4) is 0 Å². The molecule has 0 spiro atoms. The highest BCUT2D eigenvalue weighted by molar-refractivity contribution is 5.96. The molecule has 0 aliphatic rings. The van der Waals surface area contributed by atoms with Gasteiger partial charge in [-0.05, 0) is 0 Å². The molecule has 0 atom stereocenters. The van der Waals surface area contributed by atoms with Gasteiger partial charge in [-0.1, -0.05) is 0 Å². The quantitative estimate of drug-likeness (QED) is 0.535. The van der Waals surface area contributed by atoms with Gasteiger partial charge in [0.15, 0.2) is 5.82 Å². The molecule has 0 aliphatic carbocycles. The minimum absolute atomic E-state index is 0.0289. The maximum atomic E-state index is 10.7. The number of nitrogens with two attached hydrogens (primary N) is 2. The van der Waals surface area contributed by atoms with Crippen LogP contribution in [0.5, 0.6) is 0 Å². The van der Waals surface area contributed by atoms with Crippen LogP contribution >= 0.6 is 0 Å². The average Bonchev–Trinajstić information content (AvgIpc) is 2.29. The van der Waals surface area contributed by atoms with Crippen molar-refractivity contribution in [1.29, 1.82) is 0 Å². The number of carbonyl (C=O) groups excluding carboxylic acids is 1. The van der Waals surface area contributed by atoms with Crippen molar-refractivity contribution in [3.63, 3.8) is 0 Å². The van der Waals surface area contributed by atoms with Gasteiger partial charge in [-0.25, -0.2) is 0 Å². The van der Waals surface area contributed by atoms with Gasteiger partial charge in [-0.3, -0.25) is 14.3 Å². The van der Waals surface area contributed by atoms with Crippen molar-refractivity contribution < 1.29 is 14.7 Å². The molecule has 0 aliphatic heterocycles.